The number of carbonyl (C=O) groups is 3. The zero-order valence-electron chi connectivity index (χ0n) is 19.2. The van der Waals surface area contributed by atoms with Crippen LogP contribution in [0.3, 0.4) is 0 Å². The van der Waals surface area contributed by atoms with E-state index in [2.05, 4.69) is 10.6 Å². The van der Waals surface area contributed by atoms with Crippen LogP contribution < -0.4 is 10.6 Å². The molecular weight excluding hydrogens is 456 g/mol. The van der Waals surface area contributed by atoms with Gasteiger partial charge in [-0.3, -0.25) is 14.5 Å². The highest BCUT2D eigenvalue weighted by atomic mass is 32.2. The van der Waals surface area contributed by atoms with E-state index in [0.717, 1.165) is 11.3 Å². The first-order valence-corrected chi connectivity index (χ1v) is 12.7. The molecule has 2 atom stereocenters. The summed E-state index contributed by atoms with van der Waals surface area (Å²) in [4.78, 5) is 37.7. The van der Waals surface area contributed by atoms with Crippen molar-refractivity contribution in [3.8, 4) is 0 Å². The van der Waals surface area contributed by atoms with Gasteiger partial charge < -0.3 is 10.6 Å². The molecule has 9 nitrogen and oxygen atoms in total. The van der Waals surface area contributed by atoms with Crippen molar-refractivity contribution in [3.05, 3.63) is 59.7 Å². The number of sulfonamides is 1. The Balaban J connectivity index is 1.49. The second-order valence-corrected chi connectivity index (χ2v) is 11.0. The lowest BCUT2D eigenvalue weighted by Crippen LogP contribution is -2.42. The molecule has 2 saturated heterocycles. The summed E-state index contributed by atoms with van der Waals surface area (Å²) in [6, 6.07) is 12.4. The Labute approximate surface area is 199 Å². The lowest BCUT2D eigenvalue weighted by atomic mass is 9.94. The molecule has 2 aliphatic rings. The van der Waals surface area contributed by atoms with Crippen LogP contribution in [0, 0.1) is 11.8 Å². The van der Waals surface area contributed by atoms with E-state index in [1.54, 1.807) is 36.4 Å². The van der Waals surface area contributed by atoms with Gasteiger partial charge in [0, 0.05) is 24.3 Å². The minimum atomic E-state index is -3.71. The number of nitrogens with one attached hydrogen (secondary N) is 2. The third-order valence-electron chi connectivity index (χ3n) is 6.03. The molecule has 34 heavy (non-hydrogen) atoms. The molecule has 2 aromatic carbocycles. The third kappa shape index (κ3) is 5.13. The Bertz CT molecular complexity index is 1200. The lowest BCUT2D eigenvalue weighted by molar-refractivity contribution is -0.125. The van der Waals surface area contributed by atoms with Gasteiger partial charge in [0.2, 0.25) is 15.9 Å². The zero-order chi connectivity index (χ0) is 24.5. The minimum Gasteiger partial charge on any atom is -0.329 e. The second-order valence-electron chi connectivity index (χ2n) is 9.09. The summed E-state index contributed by atoms with van der Waals surface area (Å²) in [5, 5.41) is 5.24. The number of imide groups is 1. The van der Waals surface area contributed by atoms with Crippen LogP contribution in [-0.2, 0) is 21.4 Å². The highest BCUT2D eigenvalue weighted by Crippen LogP contribution is 2.27. The number of rotatable bonds is 6. The molecule has 2 unspecified atom stereocenters. The molecule has 10 heteroatoms. The van der Waals surface area contributed by atoms with Gasteiger partial charge in [0.15, 0.2) is 0 Å². The van der Waals surface area contributed by atoms with Gasteiger partial charge in [-0.1, -0.05) is 32.0 Å². The molecule has 0 aromatic heterocycles. The van der Waals surface area contributed by atoms with E-state index < -0.39 is 22.0 Å². The maximum absolute atomic E-state index is 13.2. The van der Waals surface area contributed by atoms with E-state index in [-0.39, 0.29) is 41.3 Å². The fourth-order valence-corrected chi connectivity index (χ4v) is 6.22. The van der Waals surface area contributed by atoms with E-state index in [1.807, 2.05) is 13.8 Å². The van der Waals surface area contributed by atoms with Gasteiger partial charge in [-0.05, 0) is 54.2 Å². The van der Waals surface area contributed by atoms with Crippen LogP contribution in [0.15, 0.2) is 53.4 Å². The number of piperidine rings is 1. The summed E-state index contributed by atoms with van der Waals surface area (Å²) in [5.41, 5.74) is 1.37. The average Bonchev–Trinajstić information content (AvgIpc) is 3.11. The molecule has 2 fully saturated rings. The van der Waals surface area contributed by atoms with Crippen LogP contribution >= 0.6 is 0 Å². The number of urea groups is 1. The summed E-state index contributed by atoms with van der Waals surface area (Å²) in [5.74, 6) is -0.210. The van der Waals surface area contributed by atoms with E-state index >= 15 is 0 Å². The summed E-state index contributed by atoms with van der Waals surface area (Å²) >= 11 is 0. The second kappa shape index (κ2) is 9.55. The highest BCUT2D eigenvalue weighted by Gasteiger charge is 2.32. The van der Waals surface area contributed by atoms with Gasteiger partial charge in [0.05, 0.1) is 18.0 Å². The maximum atomic E-state index is 13.2. The molecule has 4 rings (SSSR count). The predicted molar refractivity (Wildman–Crippen MR) is 126 cm³/mol. The fourth-order valence-electron chi connectivity index (χ4n) is 4.50. The molecule has 0 spiro atoms. The normalized spacial score (nSPS) is 21.4. The minimum absolute atomic E-state index is 0.0240. The first-order chi connectivity index (χ1) is 16.1. The van der Waals surface area contributed by atoms with Crippen molar-refractivity contribution in [1.82, 2.24) is 14.5 Å². The Hall–Kier alpha value is -3.24. The number of anilines is 1. The first kappa shape index (κ1) is 23.9. The Morgan fingerprint density at radius 1 is 1.06 bits per heavy atom. The number of hydrogen-bond acceptors (Lipinski definition) is 5. The standard InChI is InChI=1S/C24H28N4O5S/c1-16-9-17(2)14-27(13-16)34(32,33)21-8-4-6-19(11-21)23(30)26-20-7-3-5-18(10-20)15-28-22(29)12-25-24(28)31/h3-8,10-11,16-17H,9,12-15H2,1-2H3,(H,25,31)(H,26,30). The van der Waals surface area contributed by atoms with Crippen LogP contribution in [-0.4, -0.2) is 55.1 Å². The van der Waals surface area contributed by atoms with Crippen molar-refractivity contribution in [2.24, 2.45) is 11.8 Å². The van der Waals surface area contributed by atoms with Crippen molar-refractivity contribution < 1.29 is 22.8 Å². The molecule has 2 N–H and O–H groups in total. The monoisotopic (exact) mass is 484 g/mol. The van der Waals surface area contributed by atoms with Crippen molar-refractivity contribution >= 4 is 33.6 Å². The predicted octanol–water partition coefficient (Wildman–Crippen LogP) is 2.66. The van der Waals surface area contributed by atoms with Crippen LogP contribution in [0.5, 0.6) is 0 Å². The maximum Gasteiger partial charge on any atom is 0.324 e. The van der Waals surface area contributed by atoms with Gasteiger partial charge in [-0.2, -0.15) is 4.31 Å². The molecule has 0 bridgehead atoms. The molecule has 0 saturated carbocycles. The summed E-state index contributed by atoms with van der Waals surface area (Å²) < 4.78 is 27.9. The van der Waals surface area contributed by atoms with E-state index in [4.69, 9.17) is 0 Å². The average molecular weight is 485 g/mol. The van der Waals surface area contributed by atoms with Gasteiger partial charge in [-0.15, -0.1) is 0 Å². The number of hydrogen-bond donors (Lipinski definition) is 2. The molecule has 2 heterocycles. The van der Waals surface area contributed by atoms with Crippen molar-refractivity contribution in [2.75, 3.05) is 25.0 Å². The Kier molecular flexibility index (Phi) is 6.72. The van der Waals surface area contributed by atoms with Crippen LogP contribution in [0.1, 0.15) is 36.2 Å². The summed E-state index contributed by atoms with van der Waals surface area (Å²) in [6.45, 7) is 5.09. The van der Waals surface area contributed by atoms with Crippen molar-refractivity contribution in [3.63, 3.8) is 0 Å². The third-order valence-corrected chi connectivity index (χ3v) is 7.86. The first-order valence-electron chi connectivity index (χ1n) is 11.2. The molecule has 0 aliphatic carbocycles. The van der Waals surface area contributed by atoms with Crippen molar-refractivity contribution in [1.29, 1.82) is 0 Å². The molecule has 180 valence electrons. The topological polar surface area (TPSA) is 116 Å². The molecular formula is C24H28N4O5S. The van der Waals surface area contributed by atoms with Gasteiger partial charge in [0.1, 0.15) is 0 Å². The number of carbonyl (C=O) groups excluding carboxylic acids is 3. The van der Waals surface area contributed by atoms with Gasteiger partial charge >= 0.3 is 6.03 Å². The van der Waals surface area contributed by atoms with Crippen molar-refractivity contribution in [2.45, 2.75) is 31.7 Å². The van der Waals surface area contributed by atoms with Gasteiger partial charge in [-0.25, -0.2) is 13.2 Å². The number of nitrogens with zero attached hydrogens (tertiary/aromatic N) is 2. The van der Waals surface area contributed by atoms with Crippen LogP contribution in [0.25, 0.3) is 0 Å². The summed E-state index contributed by atoms with van der Waals surface area (Å²) in [6.07, 6.45) is 0.990. The van der Waals surface area contributed by atoms with Crippen LogP contribution in [0.4, 0.5) is 10.5 Å². The molecule has 0 radical (unpaired) electrons. The Morgan fingerprint density at radius 3 is 2.44 bits per heavy atom. The largest absolute Gasteiger partial charge is 0.329 e. The number of amides is 4. The lowest BCUT2D eigenvalue weighted by Gasteiger charge is -2.34. The number of benzene rings is 2. The Morgan fingerprint density at radius 2 is 1.76 bits per heavy atom. The molecule has 2 aliphatic heterocycles. The van der Waals surface area contributed by atoms with Crippen LogP contribution in [0.2, 0.25) is 0 Å². The van der Waals surface area contributed by atoms with Gasteiger partial charge in [0.25, 0.3) is 5.91 Å². The SMILES string of the molecule is CC1CC(C)CN(S(=O)(=O)c2cccc(C(=O)Nc3cccc(CN4C(=O)CNC4=O)c3)c2)C1. The smallest absolute Gasteiger partial charge is 0.324 e. The van der Waals surface area contributed by atoms with E-state index in [0.29, 0.717) is 24.3 Å². The quantitative estimate of drug-likeness (QED) is 0.612. The van der Waals surface area contributed by atoms with E-state index in [9.17, 15) is 22.8 Å². The van der Waals surface area contributed by atoms with E-state index in [1.165, 1.54) is 16.4 Å². The highest BCUT2D eigenvalue weighted by molar-refractivity contribution is 7.89. The zero-order valence-corrected chi connectivity index (χ0v) is 20.0. The fraction of sp³-hybridized carbons (Fsp3) is 0.375. The molecule has 2 aromatic rings. The summed E-state index contributed by atoms with van der Waals surface area (Å²) in [7, 11) is -3.71. The molecule has 4 amide bonds.